The molecule has 0 radical (unpaired) electrons. The van der Waals surface area contributed by atoms with Gasteiger partial charge in [-0.3, -0.25) is 0 Å². The smallest absolute Gasteiger partial charge is 0.277 e. The van der Waals surface area contributed by atoms with Crippen LogP contribution in [0.4, 0.5) is 0 Å². The lowest BCUT2D eigenvalue weighted by atomic mass is 10.1. The average Bonchev–Trinajstić information content (AvgIpc) is 3.32. The third-order valence-electron chi connectivity index (χ3n) is 4.68. The molecule has 1 saturated heterocycles. The van der Waals surface area contributed by atoms with Crippen molar-refractivity contribution in [2.45, 2.75) is 30.4 Å². The van der Waals surface area contributed by atoms with Crippen LogP contribution in [-0.4, -0.2) is 51.4 Å². The number of fused-ring (bicyclic) bond motifs is 1. The molecule has 4 rings (SSSR count). The third-order valence-corrected chi connectivity index (χ3v) is 7.56. The Morgan fingerprint density at radius 1 is 1.36 bits per heavy atom. The zero-order valence-corrected chi connectivity index (χ0v) is 17.3. The minimum atomic E-state index is -2.92. The lowest BCUT2D eigenvalue weighted by Crippen LogP contribution is -2.07. The van der Waals surface area contributed by atoms with Gasteiger partial charge in [-0.15, -0.1) is 10.2 Å². The molecule has 1 fully saturated rings. The second-order valence-electron chi connectivity index (χ2n) is 6.76. The molecule has 2 aromatic heterocycles. The lowest BCUT2D eigenvalue weighted by Gasteiger charge is -2.06. The number of nitrogens with zero attached hydrogens (tertiary/aromatic N) is 4. The first-order valence-corrected chi connectivity index (χ1v) is 12.0. The molecule has 28 heavy (non-hydrogen) atoms. The van der Waals surface area contributed by atoms with Crippen LogP contribution in [0.2, 0.25) is 5.02 Å². The van der Waals surface area contributed by atoms with E-state index in [-0.39, 0.29) is 24.0 Å². The van der Waals surface area contributed by atoms with Crippen LogP contribution in [-0.2, 0) is 28.6 Å². The largest absolute Gasteiger partial charge is 0.416 e. The summed E-state index contributed by atoms with van der Waals surface area (Å²) in [7, 11) is -2.92. The van der Waals surface area contributed by atoms with E-state index in [1.165, 1.54) is 11.8 Å². The van der Waals surface area contributed by atoms with Gasteiger partial charge in [0.1, 0.15) is 5.82 Å². The molecule has 0 bridgehead atoms. The molecular weight excluding hydrogens is 424 g/mol. The van der Waals surface area contributed by atoms with Crippen molar-refractivity contribution in [1.29, 1.82) is 0 Å². The fraction of sp³-hybridized carbons (Fsp3) is 0.471. The molecule has 150 valence electrons. The molecule has 3 aromatic rings. The van der Waals surface area contributed by atoms with Crippen LogP contribution in [0.3, 0.4) is 0 Å². The molecule has 1 N–H and O–H groups in total. The normalized spacial score (nSPS) is 18.9. The molecule has 0 saturated carbocycles. The van der Waals surface area contributed by atoms with Gasteiger partial charge in [-0.05, 0) is 30.5 Å². The van der Waals surface area contributed by atoms with E-state index in [1.54, 1.807) is 6.07 Å². The van der Waals surface area contributed by atoms with E-state index in [2.05, 4.69) is 15.2 Å². The van der Waals surface area contributed by atoms with Gasteiger partial charge in [0, 0.05) is 18.0 Å². The second kappa shape index (κ2) is 8.02. The summed E-state index contributed by atoms with van der Waals surface area (Å²) in [6, 6.07) is 5.46. The van der Waals surface area contributed by atoms with Crippen molar-refractivity contribution in [3.63, 3.8) is 0 Å². The number of rotatable bonds is 7. The monoisotopic (exact) mass is 442 g/mol. The van der Waals surface area contributed by atoms with Gasteiger partial charge in [0.05, 0.1) is 34.9 Å². The highest BCUT2D eigenvalue weighted by molar-refractivity contribution is 7.98. The lowest BCUT2D eigenvalue weighted by molar-refractivity contribution is 0.276. The van der Waals surface area contributed by atoms with Gasteiger partial charge in [-0.25, -0.2) is 13.4 Å². The number of hydrogen-bond acceptors (Lipinski definition) is 8. The van der Waals surface area contributed by atoms with Crippen molar-refractivity contribution in [3.8, 4) is 0 Å². The number of aliphatic hydroxyl groups is 1. The first-order chi connectivity index (χ1) is 13.4. The second-order valence-corrected chi connectivity index (χ2v) is 10.4. The third kappa shape index (κ3) is 4.35. The Kier molecular flexibility index (Phi) is 5.64. The van der Waals surface area contributed by atoms with Gasteiger partial charge in [-0.2, -0.15) is 0 Å². The van der Waals surface area contributed by atoms with Gasteiger partial charge in [-0.1, -0.05) is 23.4 Å². The number of benzene rings is 1. The van der Waals surface area contributed by atoms with Crippen LogP contribution in [0.5, 0.6) is 0 Å². The van der Waals surface area contributed by atoms with E-state index >= 15 is 0 Å². The molecule has 3 heterocycles. The van der Waals surface area contributed by atoms with E-state index in [9.17, 15) is 13.5 Å². The van der Waals surface area contributed by atoms with Crippen molar-refractivity contribution in [2.75, 3.05) is 18.1 Å². The molecule has 0 amide bonds. The Balaban J connectivity index is 1.45. The number of halogens is 1. The maximum atomic E-state index is 11.6. The van der Waals surface area contributed by atoms with Crippen molar-refractivity contribution < 1.29 is 17.9 Å². The predicted molar refractivity (Wildman–Crippen MR) is 106 cm³/mol. The Morgan fingerprint density at radius 3 is 2.96 bits per heavy atom. The Hall–Kier alpha value is -1.62. The summed E-state index contributed by atoms with van der Waals surface area (Å²) in [5.41, 5.74) is 1.67. The quantitative estimate of drug-likeness (QED) is 0.555. The fourth-order valence-corrected chi connectivity index (χ4v) is 6.15. The number of thioether (sulfide) groups is 1. The zero-order chi connectivity index (χ0) is 19.7. The molecular formula is C17H19ClN4O4S2. The number of sulfone groups is 1. The van der Waals surface area contributed by atoms with Crippen LogP contribution in [0.15, 0.2) is 27.8 Å². The van der Waals surface area contributed by atoms with Crippen molar-refractivity contribution >= 4 is 44.2 Å². The van der Waals surface area contributed by atoms with Crippen LogP contribution >= 0.6 is 23.4 Å². The average molecular weight is 443 g/mol. The van der Waals surface area contributed by atoms with E-state index in [4.69, 9.17) is 16.0 Å². The molecule has 1 aliphatic rings. The minimum absolute atomic E-state index is 0.00928. The first-order valence-electron chi connectivity index (χ1n) is 8.84. The summed E-state index contributed by atoms with van der Waals surface area (Å²) in [6.45, 7) is 0.405. The molecule has 1 aromatic carbocycles. The molecule has 0 aliphatic carbocycles. The first kappa shape index (κ1) is 19.7. The van der Waals surface area contributed by atoms with Crippen molar-refractivity contribution in [2.24, 2.45) is 5.92 Å². The molecule has 8 nitrogen and oxygen atoms in total. The number of imidazole rings is 1. The Morgan fingerprint density at radius 2 is 2.21 bits per heavy atom. The summed E-state index contributed by atoms with van der Waals surface area (Å²) in [6.07, 6.45) is 1.12. The van der Waals surface area contributed by atoms with E-state index in [1.807, 2.05) is 16.7 Å². The zero-order valence-electron chi connectivity index (χ0n) is 14.9. The maximum absolute atomic E-state index is 11.6. The molecule has 1 atom stereocenters. The van der Waals surface area contributed by atoms with Gasteiger partial charge in [0.15, 0.2) is 9.84 Å². The Labute approximate surface area is 171 Å². The highest BCUT2D eigenvalue weighted by Gasteiger charge is 2.29. The summed E-state index contributed by atoms with van der Waals surface area (Å²) < 4.78 is 30.7. The van der Waals surface area contributed by atoms with Gasteiger partial charge in [0.2, 0.25) is 5.89 Å². The van der Waals surface area contributed by atoms with E-state index < -0.39 is 9.84 Å². The van der Waals surface area contributed by atoms with Crippen LogP contribution in [0.1, 0.15) is 18.1 Å². The summed E-state index contributed by atoms with van der Waals surface area (Å²) in [5.74, 6) is 2.19. The van der Waals surface area contributed by atoms with Crippen LogP contribution in [0.25, 0.3) is 11.0 Å². The highest BCUT2D eigenvalue weighted by atomic mass is 35.5. The fourth-order valence-electron chi connectivity index (χ4n) is 3.39. The van der Waals surface area contributed by atoms with Gasteiger partial charge < -0.3 is 14.1 Å². The van der Waals surface area contributed by atoms with Gasteiger partial charge >= 0.3 is 0 Å². The van der Waals surface area contributed by atoms with Gasteiger partial charge in [0.25, 0.3) is 5.22 Å². The molecule has 11 heteroatoms. The van der Waals surface area contributed by atoms with Crippen molar-refractivity contribution in [3.05, 3.63) is 34.9 Å². The SMILES string of the molecule is O=S1(=O)CCC(Cc2nnc(SCc3nc4ccc(Cl)cc4n3CCO)o2)C1. The van der Waals surface area contributed by atoms with Crippen LogP contribution < -0.4 is 0 Å². The number of aromatic nitrogens is 4. The molecule has 0 spiro atoms. The summed E-state index contributed by atoms with van der Waals surface area (Å²) in [5, 5.41) is 18.5. The number of hydrogen-bond donors (Lipinski definition) is 1. The Bertz CT molecular complexity index is 1100. The van der Waals surface area contributed by atoms with E-state index in [0.29, 0.717) is 41.3 Å². The van der Waals surface area contributed by atoms with Crippen LogP contribution in [0, 0.1) is 5.92 Å². The topological polar surface area (TPSA) is 111 Å². The molecule has 1 aliphatic heterocycles. The maximum Gasteiger partial charge on any atom is 0.277 e. The summed E-state index contributed by atoms with van der Waals surface area (Å²) >= 11 is 7.44. The molecule has 1 unspecified atom stereocenters. The van der Waals surface area contributed by atoms with Crippen molar-refractivity contribution in [1.82, 2.24) is 19.7 Å². The highest BCUT2D eigenvalue weighted by Crippen LogP contribution is 2.27. The number of aliphatic hydroxyl groups excluding tert-OH is 1. The standard InChI is InChI=1S/C17H19ClN4O4S2/c18-12-1-2-13-14(8-12)22(4-5-23)15(19-13)9-27-17-21-20-16(26-17)7-11-3-6-28(24,25)10-11/h1-2,8,11,23H,3-7,9-10H2. The predicted octanol–water partition coefficient (Wildman–Crippen LogP) is 2.33. The summed E-state index contributed by atoms with van der Waals surface area (Å²) in [4.78, 5) is 4.61. The van der Waals surface area contributed by atoms with E-state index in [0.717, 1.165) is 16.9 Å². The minimum Gasteiger partial charge on any atom is -0.416 e.